The number of nitrogens with zero attached hydrogens (tertiary/aromatic N) is 3. The summed E-state index contributed by atoms with van der Waals surface area (Å²) in [6.45, 7) is 11.7. The molecule has 2 heterocycles. The minimum Gasteiger partial charge on any atom is -0.341 e. The maximum absolute atomic E-state index is 13.0. The lowest BCUT2D eigenvalue weighted by Gasteiger charge is -2.41. The third-order valence-electron chi connectivity index (χ3n) is 6.01. The molecule has 0 saturated carbocycles. The van der Waals surface area contributed by atoms with Crippen molar-refractivity contribution in [2.45, 2.75) is 33.2 Å². The largest absolute Gasteiger partial charge is 0.341 e. The fraction of sp³-hybridized carbons (Fsp3) is 0.636. The van der Waals surface area contributed by atoms with Crippen molar-refractivity contribution in [1.82, 2.24) is 14.7 Å². The zero-order valence-corrected chi connectivity index (χ0v) is 18.5. The highest BCUT2D eigenvalue weighted by atomic mass is 35.5. The number of likely N-dealkylation sites (tertiary alicyclic amines) is 1. The number of halogens is 1. The first-order valence-electron chi connectivity index (χ1n) is 10.6. The molecular formula is C22H33ClN4O2. The molecule has 0 radical (unpaired) electrons. The molecule has 0 aliphatic carbocycles. The van der Waals surface area contributed by atoms with Crippen LogP contribution in [-0.4, -0.2) is 78.4 Å². The second kappa shape index (κ2) is 9.92. The predicted octanol–water partition coefficient (Wildman–Crippen LogP) is 2.79. The van der Waals surface area contributed by atoms with Gasteiger partial charge in [0.2, 0.25) is 11.8 Å². The molecule has 0 unspecified atom stereocenters. The molecule has 3 atom stereocenters. The highest BCUT2D eigenvalue weighted by Gasteiger charge is 2.32. The molecule has 2 aliphatic heterocycles. The third-order valence-corrected chi connectivity index (χ3v) is 6.34. The first-order valence-corrected chi connectivity index (χ1v) is 11.0. The Hall–Kier alpha value is -1.63. The van der Waals surface area contributed by atoms with E-state index in [1.54, 1.807) is 12.1 Å². The van der Waals surface area contributed by atoms with Crippen molar-refractivity contribution in [1.29, 1.82) is 0 Å². The topological polar surface area (TPSA) is 55.9 Å². The van der Waals surface area contributed by atoms with Gasteiger partial charge in [0.15, 0.2) is 0 Å². The molecule has 2 aliphatic rings. The van der Waals surface area contributed by atoms with Crippen LogP contribution in [0.3, 0.4) is 0 Å². The van der Waals surface area contributed by atoms with Gasteiger partial charge in [-0.25, -0.2) is 0 Å². The summed E-state index contributed by atoms with van der Waals surface area (Å²) in [6.07, 6.45) is 1.20. The summed E-state index contributed by atoms with van der Waals surface area (Å²) in [5, 5.41) is 3.42. The van der Waals surface area contributed by atoms with Gasteiger partial charge in [-0.3, -0.25) is 19.4 Å². The Labute approximate surface area is 179 Å². The first kappa shape index (κ1) is 22.1. The van der Waals surface area contributed by atoms with Gasteiger partial charge in [0.05, 0.1) is 23.3 Å². The average Bonchev–Trinajstić information content (AvgIpc) is 2.68. The monoisotopic (exact) mass is 420 g/mol. The molecule has 160 valence electrons. The third kappa shape index (κ3) is 5.93. The number of para-hydroxylation sites is 1. The standard InChI is InChI=1S/C22H33ClN4O2/c1-16-12-17(2)14-27(13-16)22(29)18(3)26-10-8-25(9-11-26)15-21(28)24-20-7-5-4-6-19(20)23/h4-7,16-18H,8-15H2,1-3H3,(H,24,28)/t16-,17+,18-/m1/s1. The summed E-state index contributed by atoms with van der Waals surface area (Å²) in [7, 11) is 0. The first-order chi connectivity index (χ1) is 13.8. The lowest BCUT2D eigenvalue weighted by Crippen LogP contribution is -2.56. The summed E-state index contributed by atoms with van der Waals surface area (Å²) < 4.78 is 0. The van der Waals surface area contributed by atoms with Crippen LogP contribution in [0.15, 0.2) is 24.3 Å². The Balaban J connectivity index is 1.45. The molecule has 7 heteroatoms. The lowest BCUT2D eigenvalue weighted by atomic mass is 9.91. The van der Waals surface area contributed by atoms with Crippen molar-refractivity contribution in [3.05, 3.63) is 29.3 Å². The van der Waals surface area contributed by atoms with Crippen molar-refractivity contribution in [2.24, 2.45) is 11.8 Å². The number of piperazine rings is 1. The molecule has 0 aromatic heterocycles. The molecule has 1 N–H and O–H groups in total. The highest BCUT2D eigenvalue weighted by Crippen LogP contribution is 2.23. The van der Waals surface area contributed by atoms with Crippen LogP contribution in [0.2, 0.25) is 5.02 Å². The van der Waals surface area contributed by atoms with Gasteiger partial charge in [0.1, 0.15) is 0 Å². The van der Waals surface area contributed by atoms with E-state index in [0.717, 1.165) is 39.3 Å². The zero-order chi connectivity index (χ0) is 21.0. The zero-order valence-electron chi connectivity index (χ0n) is 17.7. The van der Waals surface area contributed by atoms with Crippen LogP contribution in [-0.2, 0) is 9.59 Å². The Bertz CT molecular complexity index is 711. The molecule has 2 saturated heterocycles. The van der Waals surface area contributed by atoms with Crippen molar-refractivity contribution >= 4 is 29.1 Å². The fourth-order valence-corrected chi connectivity index (χ4v) is 4.71. The van der Waals surface area contributed by atoms with E-state index in [1.807, 2.05) is 24.0 Å². The summed E-state index contributed by atoms with van der Waals surface area (Å²) in [5.41, 5.74) is 0.641. The second-order valence-electron chi connectivity index (χ2n) is 8.71. The molecule has 3 rings (SSSR count). The second-order valence-corrected chi connectivity index (χ2v) is 9.11. The van der Waals surface area contributed by atoms with Gasteiger partial charge < -0.3 is 10.2 Å². The molecule has 1 aromatic carbocycles. The number of carbonyl (C=O) groups is 2. The van der Waals surface area contributed by atoms with E-state index in [9.17, 15) is 9.59 Å². The van der Waals surface area contributed by atoms with Gasteiger partial charge in [0.25, 0.3) is 0 Å². The summed E-state index contributed by atoms with van der Waals surface area (Å²) >= 11 is 6.11. The highest BCUT2D eigenvalue weighted by molar-refractivity contribution is 6.33. The predicted molar refractivity (Wildman–Crippen MR) is 117 cm³/mol. The number of rotatable bonds is 5. The molecule has 6 nitrogen and oxygen atoms in total. The van der Waals surface area contributed by atoms with Gasteiger partial charge in [-0.2, -0.15) is 0 Å². The molecule has 2 amide bonds. The van der Waals surface area contributed by atoms with Gasteiger partial charge in [-0.15, -0.1) is 0 Å². The van der Waals surface area contributed by atoms with E-state index in [1.165, 1.54) is 6.42 Å². The quantitative estimate of drug-likeness (QED) is 0.795. The van der Waals surface area contributed by atoms with E-state index in [-0.39, 0.29) is 17.9 Å². The maximum atomic E-state index is 13.0. The number of carbonyl (C=O) groups excluding carboxylic acids is 2. The van der Waals surface area contributed by atoms with Gasteiger partial charge in [0, 0.05) is 39.3 Å². The van der Waals surface area contributed by atoms with E-state index >= 15 is 0 Å². The van der Waals surface area contributed by atoms with Crippen LogP contribution >= 0.6 is 11.6 Å². The van der Waals surface area contributed by atoms with Crippen molar-refractivity contribution in [2.75, 3.05) is 51.1 Å². The van der Waals surface area contributed by atoms with Crippen LogP contribution in [0.4, 0.5) is 5.69 Å². The number of amides is 2. The fourth-order valence-electron chi connectivity index (χ4n) is 4.53. The number of hydrogen-bond donors (Lipinski definition) is 1. The maximum Gasteiger partial charge on any atom is 0.239 e. The number of benzene rings is 1. The van der Waals surface area contributed by atoms with Gasteiger partial charge >= 0.3 is 0 Å². The molecule has 29 heavy (non-hydrogen) atoms. The Morgan fingerprint density at radius 3 is 2.34 bits per heavy atom. The van der Waals surface area contributed by atoms with Gasteiger partial charge in [-0.1, -0.05) is 37.6 Å². The molecule has 0 bridgehead atoms. The normalized spacial score (nSPS) is 24.9. The number of nitrogens with one attached hydrogen (secondary N) is 1. The Morgan fingerprint density at radius 1 is 1.10 bits per heavy atom. The number of anilines is 1. The molecule has 1 aromatic rings. The average molecular weight is 421 g/mol. The smallest absolute Gasteiger partial charge is 0.239 e. The number of piperidine rings is 1. The van der Waals surface area contributed by atoms with Crippen LogP contribution in [0.25, 0.3) is 0 Å². The summed E-state index contributed by atoms with van der Waals surface area (Å²) in [5.74, 6) is 1.33. The molecule has 0 spiro atoms. The van der Waals surface area contributed by atoms with E-state index < -0.39 is 0 Å². The van der Waals surface area contributed by atoms with Crippen LogP contribution in [0.5, 0.6) is 0 Å². The van der Waals surface area contributed by atoms with E-state index in [4.69, 9.17) is 11.6 Å². The van der Waals surface area contributed by atoms with E-state index in [2.05, 4.69) is 29.0 Å². The summed E-state index contributed by atoms with van der Waals surface area (Å²) in [4.78, 5) is 31.7. The van der Waals surface area contributed by atoms with Crippen molar-refractivity contribution in [3.63, 3.8) is 0 Å². The molecule has 2 fully saturated rings. The minimum absolute atomic E-state index is 0.0630. The van der Waals surface area contributed by atoms with Crippen LogP contribution < -0.4 is 5.32 Å². The Morgan fingerprint density at radius 2 is 1.72 bits per heavy atom. The summed E-state index contributed by atoms with van der Waals surface area (Å²) in [6, 6.07) is 7.14. The SMILES string of the molecule is C[C@@H]1C[C@H](C)CN(C(=O)[C@@H](C)N2CCN(CC(=O)Nc3ccccc3Cl)CC2)C1. The van der Waals surface area contributed by atoms with Gasteiger partial charge in [-0.05, 0) is 37.3 Å². The van der Waals surface area contributed by atoms with Crippen molar-refractivity contribution in [3.8, 4) is 0 Å². The van der Waals surface area contributed by atoms with Crippen LogP contribution in [0.1, 0.15) is 27.2 Å². The lowest BCUT2D eigenvalue weighted by molar-refractivity contribution is -0.140. The number of hydrogen-bond acceptors (Lipinski definition) is 4. The van der Waals surface area contributed by atoms with Crippen molar-refractivity contribution < 1.29 is 9.59 Å². The van der Waals surface area contributed by atoms with Crippen LogP contribution in [0, 0.1) is 11.8 Å². The molecular weight excluding hydrogens is 388 g/mol. The minimum atomic E-state index is -0.105. The Kier molecular flexibility index (Phi) is 7.55. The van der Waals surface area contributed by atoms with E-state index in [0.29, 0.717) is 29.1 Å².